The zero-order chi connectivity index (χ0) is 18.0. The number of fused-ring (bicyclic) bond motifs is 1. The second-order valence-electron chi connectivity index (χ2n) is 8.93. The highest BCUT2D eigenvalue weighted by molar-refractivity contribution is 5.38. The van der Waals surface area contributed by atoms with Gasteiger partial charge in [0.2, 0.25) is 0 Å². The molecule has 0 spiro atoms. The van der Waals surface area contributed by atoms with Crippen molar-refractivity contribution in [2.45, 2.75) is 83.8 Å². The van der Waals surface area contributed by atoms with Crippen molar-refractivity contribution in [2.24, 2.45) is 23.7 Å². The van der Waals surface area contributed by atoms with Crippen molar-refractivity contribution in [1.82, 2.24) is 0 Å². The highest BCUT2D eigenvalue weighted by Crippen LogP contribution is 2.44. The molecule has 2 N–H and O–H groups in total. The molecule has 3 saturated carbocycles. The maximum Gasteiger partial charge on any atom is 0.0789 e. The number of rotatable bonds is 2. The summed E-state index contributed by atoms with van der Waals surface area (Å²) in [6, 6.07) is 0. The molecule has 0 aliphatic heterocycles. The Morgan fingerprint density at radius 1 is 1.12 bits per heavy atom. The molecule has 3 fully saturated rings. The van der Waals surface area contributed by atoms with Crippen molar-refractivity contribution in [2.75, 3.05) is 0 Å². The molecule has 0 aromatic heterocycles. The van der Waals surface area contributed by atoms with E-state index in [9.17, 15) is 10.2 Å². The fraction of sp³-hybridized carbons (Fsp3) is 0.739. The molecule has 0 aromatic carbocycles. The van der Waals surface area contributed by atoms with Crippen LogP contribution < -0.4 is 0 Å². The van der Waals surface area contributed by atoms with E-state index < -0.39 is 0 Å². The molecule has 2 unspecified atom stereocenters. The topological polar surface area (TPSA) is 40.5 Å². The van der Waals surface area contributed by atoms with Crippen molar-refractivity contribution < 1.29 is 10.2 Å². The Morgan fingerprint density at radius 2 is 1.88 bits per heavy atom. The zero-order valence-corrected chi connectivity index (χ0v) is 16.1. The van der Waals surface area contributed by atoms with Crippen LogP contribution in [0.1, 0.15) is 71.6 Å². The molecule has 0 saturated heterocycles. The van der Waals surface area contributed by atoms with Crippen LogP contribution in [0.4, 0.5) is 0 Å². The van der Waals surface area contributed by atoms with Crippen LogP contribution in [-0.4, -0.2) is 22.4 Å². The van der Waals surface area contributed by atoms with Crippen LogP contribution in [0.15, 0.2) is 35.5 Å². The summed E-state index contributed by atoms with van der Waals surface area (Å²) in [6.07, 6.45) is 14.7. The van der Waals surface area contributed by atoms with Gasteiger partial charge in [0.1, 0.15) is 0 Å². The third-order valence-electron chi connectivity index (χ3n) is 7.03. The summed E-state index contributed by atoms with van der Waals surface area (Å²) < 4.78 is 0. The highest BCUT2D eigenvalue weighted by atomic mass is 16.3. The molecule has 0 amide bonds. The summed E-state index contributed by atoms with van der Waals surface area (Å²) in [6.45, 7) is 8.30. The fourth-order valence-electron chi connectivity index (χ4n) is 5.39. The van der Waals surface area contributed by atoms with Gasteiger partial charge in [-0.15, -0.1) is 0 Å². The first kappa shape index (κ1) is 18.9. The monoisotopic (exact) mass is 344 g/mol. The summed E-state index contributed by atoms with van der Waals surface area (Å²) in [5, 5.41) is 20.2. The van der Waals surface area contributed by atoms with E-state index in [1.807, 2.05) is 6.92 Å². The molecule has 25 heavy (non-hydrogen) atoms. The third-order valence-corrected chi connectivity index (χ3v) is 7.03. The van der Waals surface area contributed by atoms with Crippen molar-refractivity contribution in [3.8, 4) is 0 Å². The summed E-state index contributed by atoms with van der Waals surface area (Å²) in [5.41, 5.74) is 3.78. The van der Waals surface area contributed by atoms with Gasteiger partial charge in [-0.05, 0) is 99.5 Å². The molecule has 0 heterocycles. The van der Waals surface area contributed by atoms with E-state index in [4.69, 9.17) is 0 Å². The third kappa shape index (κ3) is 4.46. The Balaban J connectivity index is 1.75. The average molecular weight is 345 g/mol. The quantitative estimate of drug-likeness (QED) is 0.725. The van der Waals surface area contributed by atoms with E-state index >= 15 is 0 Å². The Hall–Kier alpha value is -0.860. The minimum atomic E-state index is -0.364. The lowest BCUT2D eigenvalue weighted by atomic mass is 9.73. The van der Waals surface area contributed by atoms with Crippen LogP contribution in [0.5, 0.6) is 0 Å². The lowest BCUT2D eigenvalue weighted by Gasteiger charge is -2.33. The largest absolute Gasteiger partial charge is 0.393 e. The minimum absolute atomic E-state index is 0.164. The first-order chi connectivity index (χ1) is 12.0. The van der Waals surface area contributed by atoms with E-state index in [-0.39, 0.29) is 12.2 Å². The van der Waals surface area contributed by atoms with Gasteiger partial charge in [0.25, 0.3) is 0 Å². The van der Waals surface area contributed by atoms with E-state index in [0.29, 0.717) is 17.8 Å². The van der Waals surface area contributed by atoms with Gasteiger partial charge in [-0.1, -0.05) is 31.2 Å². The Morgan fingerprint density at radius 3 is 2.64 bits per heavy atom. The van der Waals surface area contributed by atoms with Gasteiger partial charge in [-0.3, -0.25) is 0 Å². The van der Waals surface area contributed by atoms with Crippen molar-refractivity contribution in [3.63, 3.8) is 0 Å². The van der Waals surface area contributed by atoms with Crippen LogP contribution in [0, 0.1) is 23.7 Å². The molecule has 140 valence electrons. The van der Waals surface area contributed by atoms with Crippen LogP contribution in [-0.2, 0) is 0 Å². The second-order valence-corrected chi connectivity index (χ2v) is 8.93. The molecular formula is C23H36O2. The number of hydrogen-bond donors (Lipinski definition) is 2. The fourth-order valence-corrected chi connectivity index (χ4v) is 5.39. The van der Waals surface area contributed by atoms with Gasteiger partial charge >= 0.3 is 0 Å². The molecule has 0 aromatic rings. The average Bonchev–Trinajstić information content (AvgIpc) is 2.79. The van der Waals surface area contributed by atoms with Crippen LogP contribution >= 0.6 is 0 Å². The van der Waals surface area contributed by atoms with Crippen molar-refractivity contribution in [1.29, 1.82) is 0 Å². The molecule has 0 radical (unpaired) electrons. The Labute approximate surface area is 153 Å². The number of aliphatic hydroxyl groups is 2. The van der Waals surface area contributed by atoms with Crippen molar-refractivity contribution in [3.05, 3.63) is 35.5 Å². The van der Waals surface area contributed by atoms with Crippen LogP contribution in [0.3, 0.4) is 0 Å². The minimum Gasteiger partial charge on any atom is -0.393 e. The maximum atomic E-state index is 10.2. The maximum absolute atomic E-state index is 10.2. The summed E-state index contributed by atoms with van der Waals surface area (Å²) in [4.78, 5) is 0. The standard InChI is InChI=1S/C23H36O2/c1-15-13-21(16(2)23(25)14-15)10-9-20-6-4-5-19-8-7-18(17(3)24)11-12-22(19)20/h9-10,15,17-19,22-25H,2,4-8,11-14H2,1,3H3/b20-9+,21-10-/t15-,17?,18+,19-,22?,23-/m0/s1. The van der Waals surface area contributed by atoms with E-state index in [2.05, 4.69) is 25.7 Å². The summed E-state index contributed by atoms with van der Waals surface area (Å²) >= 11 is 0. The molecule has 3 rings (SSSR count). The van der Waals surface area contributed by atoms with E-state index in [1.165, 1.54) is 44.1 Å². The normalized spacial score (nSPS) is 41.4. The zero-order valence-electron chi connectivity index (χ0n) is 16.1. The second kappa shape index (κ2) is 8.22. The van der Waals surface area contributed by atoms with Crippen LogP contribution in [0.25, 0.3) is 0 Å². The molecule has 2 heteroatoms. The first-order valence-electron chi connectivity index (χ1n) is 10.4. The predicted octanol–water partition coefficient (Wildman–Crippen LogP) is 5.17. The van der Waals surface area contributed by atoms with Gasteiger partial charge in [0, 0.05) is 0 Å². The number of aliphatic hydroxyl groups excluding tert-OH is 2. The molecule has 0 bridgehead atoms. The number of hydrogen-bond acceptors (Lipinski definition) is 2. The predicted molar refractivity (Wildman–Crippen MR) is 104 cm³/mol. The lowest BCUT2D eigenvalue weighted by Crippen LogP contribution is -2.22. The molecule has 6 atom stereocenters. The van der Waals surface area contributed by atoms with Crippen LogP contribution in [0.2, 0.25) is 0 Å². The lowest BCUT2D eigenvalue weighted by molar-refractivity contribution is 0.115. The van der Waals surface area contributed by atoms with Gasteiger partial charge < -0.3 is 10.2 Å². The van der Waals surface area contributed by atoms with E-state index in [1.54, 1.807) is 5.57 Å². The smallest absolute Gasteiger partial charge is 0.0789 e. The Kier molecular flexibility index (Phi) is 6.22. The van der Waals surface area contributed by atoms with E-state index in [0.717, 1.165) is 30.8 Å². The van der Waals surface area contributed by atoms with Crippen molar-refractivity contribution >= 4 is 0 Å². The Bertz CT molecular complexity index is 542. The molecular weight excluding hydrogens is 308 g/mol. The van der Waals surface area contributed by atoms with Gasteiger partial charge in [-0.25, -0.2) is 0 Å². The molecule has 3 aliphatic rings. The number of allylic oxidation sites excluding steroid dienone is 3. The van der Waals surface area contributed by atoms with Gasteiger partial charge in [0.05, 0.1) is 12.2 Å². The highest BCUT2D eigenvalue weighted by Gasteiger charge is 2.33. The molecule has 2 nitrogen and oxygen atoms in total. The SMILES string of the molecule is C=C1/C(=C\C=C2/CCC[C@H]3CC[C@@H](C(C)O)CCC23)C[C@H](C)C[C@@H]1O. The molecule has 3 aliphatic carbocycles. The van der Waals surface area contributed by atoms with Gasteiger partial charge in [0.15, 0.2) is 0 Å². The summed E-state index contributed by atoms with van der Waals surface area (Å²) in [7, 11) is 0. The first-order valence-corrected chi connectivity index (χ1v) is 10.4. The summed E-state index contributed by atoms with van der Waals surface area (Å²) in [5.74, 6) is 2.53. The van der Waals surface area contributed by atoms with Gasteiger partial charge in [-0.2, -0.15) is 0 Å².